The SMILES string of the molecule is CC(C)c1nc(COc2ccc(C#N)cc2Cl)cs1. The lowest BCUT2D eigenvalue weighted by atomic mass is 10.2. The predicted octanol–water partition coefficient (Wildman–Crippen LogP) is 4.37. The Morgan fingerprint density at radius 2 is 2.26 bits per heavy atom. The summed E-state index contributed by atoms with van der Waals surface area (Å²) in [7, 11) is 0. The van der Waals surface area contributed by atoms with Gasteiger partial charge in [-0.2, -0.15) is 5.26 Å². The van der Waals surface area contributed by atoms with Gasteiger partial charge in [0, 0.05) is 11.3 Å². The molecular formula is C14H13ClN2OS. The summed E-state index contributed by atoms with van der Waals surface area (Å²) in [5, 5.41) is 12.3. The molecular weight excluding hydrogens is 280 g/mol. The lowest BCUT2D eigenvalue weighted by Gasteiger charge is -2.06. The molecule has 0 amide bonds. The highest BCUT2D eigenvalue weighted by molar-refractivity contribution is 7.09. The number of aromatic nitrogens is 1. The monoisotopic (exact) mass is 292 g/mol. The summed E-state index contributed by atoms with van der Waals surface area (Å²) in [5.41, 5.74) is 1.42. The van der Waals surface area contributed by atoms with E-state index in [1.807, 2.05) is 11.4 Å². The molecule has 0 unspecified atom stereocenters. The first-order valence-corrected chi connectivity index (χ1v) is 7.12. The molecule has 0 aliphatic carbocycles. The molecule has 0 N–H and O–H groups in total. The molecule has 0 saturated carbocycles. The van der Waals surface area contributed by atoms with E-state index in [4.69, 9.17) is 21.6 Å². The summed E-state index contributed by atoms with van der Waals surface area (Å²) < 4.78 is 5.62. The van der Waals surface area contributed by atoms with E-state index in [1.54, 1.807) is 29.5 Å². The zero-order valence-corrected chi connectivity index (χ0v) is 12.3. The van der Waals surface area contributed by atoms with Crippen molar-refractivity contribution in [1.29, 1.82) is 5.26 Å². The second-order valence-electron chi connectivity index (χ2n) is 4.38. The van der Waals surface area contributed by atoms with Gasteiger partial charge in [0.15, 0.2) is 0 Å². The second-order valence-corrected chi connectivity index (χ2v) is 5.67. The average molecular weight is 293 g/mol. The summed E-state index contributed by atoms with van der Waals surface area (Å²) >= 11 is 7.67. The Morgan fingerprint density at radius 3 is 2.84 bits per heavy atom. The standard InChI is InChI=1S/C14H13ClN2OS/c1-9(2)14-17-11(8-19-14)7-18-13-4-3-10(6-16)5-12(13)15/h3-5,8-9H,7H2,1-2H3. The van der Waals surface area contributed by atoms with E-state index < -0.39 is 0 Å². The van der Waals surface area contributed by atoms with Crippen LogP contribution in [0.2, 0.25) is 5.02 Å². The summed E-state index contributed by atoms with van der Waals surface area (Å²) in [6, 6.07) is 7.02. The van der Waals surface area contributed by atoms with Crippen molar-refractivity contribution in [2.45, 2.75) is 26.4 Å². The van der Waals surface area contributed by atoms with E-state index in [-0.39, 0.29) is 0 Å². The van der Waals surface area contributed by atoms with Crippen molar-refractivity contribution in [2.24, 2.45) is 0 Å². The number of rotatable bonds is 4. The molecule has 2 aromatic rings. The Morgan fingerprint density at radius 1 is 1.47 bits per heavy atom. The Hall–Kier alpha value is -1.57. The zero-order chi connectivity index (χ0) is 13.8. The summed E-state index contributed by atoms with van der Waals surface area (Å²) in [4.78, 5) is 4.49. The fourth-order valence-corrected chi connectivity index (χ4v) is 2.55. The normalized spacial score (nSPS) is 10.5. The van der Waals surface area contributed by atoms with Gasteiger partial charge in [-0.1, -0.05) is 25.4 Å². The summed E-state index contributed by atoms with van der Waals surface area (Å²) in [6.45, 7) is 4.61. The van der Waals surface area contributed by atoms with E-state index in [9.17, 15) is 0 Å². The third kappa shape index (κ3) is 3.46. The first-order valence-electron chi connectivity index (χ1n) is 5.87. The molecule has 1 aromatic carbocycles. The number of benzene rings is 1. The van der Waals surface area contributed by atoms with E-state index >= 15 is 0 Å². The van der Waals surface area contributed by atoms with Gasteiger partial charge in [0.25, 0.3) is 0 Å². The van der Waals surface area contributed by atoms with Crippen molar-refractivity contribution in [3.63, 3.8) is 0 Å². The fourth-order valence-electron chi connectivity index (χ4n) is 1.49. The average Bonchev–Trinajstić information content (AvgIpc) is 2.86. The van der Waals surface area contributed by atoms with Crippen molar-refractivity contribution in [2.75, 3.05) is 0 Å². The zero-order valence-electron chi connectivity index (χ0n) is 10.7. The van der Waals surface area contributed by atoms with Gasteiger partial charge in [0.05, 0.1) is 27.4 Å². The van der Waals surface area contributed by atoms with Gasteiger partial charge in [0.1, 0.15) is 12.4 Å². The lowest BCUT2D eigenvalue weighted by Crippen LogP contribution is -1.97. The molecule has 0 aliphatic rings. The molecule has 0 bridgehead atoms. The molecule has 0 aliphatic heterocycles. The molecule has 0 radical (unpaired) electrons. The van der Waals surface area contributed by atoms with Crippen LogP contribution < -0.4 is 4.74 Å². The second kappa shape index (κ2) is 6.05. The number of nitriles is 1. The first-order chi connectivity index (χ1) is 9.10. The van der Waals surface area contributed by atoms with Gasteiger partial charge in [-0.25, -0.2) is 4.98 Å². The quantitative estimate of drug-likeness (QED) is 0.840. The number of nitrogens with zero attached hydrogens (tertiary/aromatic N) is 2. The molecule has 3 nitrogen and oxygen atoms in total. The van der Waals surface area contributed by atoms with Crippen molar-refractivity contribution in [3.05, 3.63) is 44.9 Å². The highest BCUT2D eigenvalue weighted by atomic mass is 35.5. The van der Waals surface area contributed by atoms with Gasteiger partial charge < -0.3 is 4.74 Å². The molecule has 0 saturated heterocycles. The van der Waals surface area contributed by atoms with E-state index in [1.165, 1.54) is 0 Å². The van der Waals surface area contributed by atoms with Gasteiger partial charge in [-0.05, 0) is 18.2 Å². The predicted molar refractivity (Wildman–Crippen MR) is 76.7 cm³/mol. The van der Waals surface area contributed by atoms with E-state index in [2.05, 4.69) is 18.8 Å². The minimum Gasteiger partial charge on any atom is -0.486 e. The van der Waals surface area contributed by atoms with Crippen LogP contribution in [0.15, 0.2) is 23.6 Å². The van der Waals surface area contributed by atoms with Crippen LogP contribution in [0.1, 0.15) is 36.0 Å². The summed E-state index contributed by atoms with van der Waals surface area (Å²) in [6.07, 6.45) is 0. The number of hydrogen-bond donors (Lipinski definition) is 0. The van der Waals surface area contributed by atoms with Gasteiger partial charge in [-0.3, -0.25) is 0 Å². The lowest BCUT2D eigenvalue weighted by molar-refractivity contribution is 0.302. The Balaban J connectivity index is 2.04. The van der Waals surface area contributed by atoms with E-state index in [0.29, 0.717) is 28.9 Å². The number of ether oxygens (including phenoxy) is 1. The maximum absolute atomic E-state index is 8.76. The first kappa shape index (κ1) is 13.9. The minimum atomic E-state index is 0.384. The van der Waals surface area contributed by atoms with Crippen molar-refractivity contribution >= 4 is 22.9 Å². The molecule has 5 heteroatoms. The van der Waals surface area contributed by atoms with Gasteiger partial charge in [-0.15, -0.1) is 11.3 Å². The third-order valence-electron chi connectivity index (χ3n) is 2.50. The van der Waals surface area contributed by atoms with Crippen LogP contribution in [-0.4, -0.2) is 4.98 Å². The Labute approximate surface area is 121 Å². The van der Waals surface area contributed by atoms with Crippen molar-refractivity contribution in [1.82, 2.24) is 4.98 Å². The van der Waals surface area contributed by atoms with Crippen LogP contribution in [0.5, 0.6) is 5.75 Å². The van der Waals surface area contributed by atoms with Crippen LogP contribution in [0, 0.1) is 11.3 Å². The Bertz CT molecular complexity index is 616. The molecule has 0 atom stereocenters. The highest BCUT2D eigenvalue weighted by Gasteiger charge is 2.08. The molecule has 2 rings (SSSR count). The highest BCUT2D eigenvalue weighted by Crippen LogP contribution is 2.26. The van der Waals surface area contributed by atoms with Crippen LogP contribution in [0.3, 0.4) is 0 Å². The third-order valence-corrected chi connectivity index (χ3v) is 3.99. The minimum absolute atomic E-state index is 0.384. The molecule has 0 fully saturated rings. The number of thiazole rings is 1. The maximum Gasteiger partial charge on any atom is 0.138 e. The maximum atomic E-state index is 8.76. The molecule has 1 aromatic heterocycles. The molecule has 1 heterocycles. The molecule has 19 heavy (non-hydrogen) atoms. The van der Waals surface area contributed by atoms with Gasteiger partial charge >= 0.3 is 0 Å². The summed E-state index contributed by atoms with van der Waals surface area (Å²) in [5.74, 6) is 0.997. The molecule has 0 spiro atoms. The van der Waals surface area contributed by atoms with Crippen LogP contribution in [0.4, 0.5) is 0 Å². The smallest absolute Gasteiger partial charge is 0.138 e. The van der Waals surface area contributed by atoms with Crippen LogP contribution in [0.25, 0.3) is 0 Å². The number of halogens is 1. The largest absolute Gasteiger partial charge is 0.486 e. The van der Waals surface area contributed by atoms with Crippen LogP contribution >= 0.6 is 22.9 Å². The van der Waals surface area contributed by atoms with Gasteiger partial charge in [0.2, 0.25) is 0 Å². The molecule has 98 valence electrons. The van der Waals surface area contributed by atoms with Crippen molar-refractivity contribution in [3.8, 4) is 11.8 Å². The number of hydrogen-bond acceptors (Lipinski definition) is 4. The van der Waals surface area contributed by atoms with E-state index in [0.717, 1.165) is 10.7 Å². The van der Waals surface area contributed by atoms with Crippen molar-refractivity contribution < 1.29 is 4.74 Å². The topological polar surface area (TPSA) is 45.9 Å². The van der Waals surface area contributed by atoms with Crippen LogP contribution in [-0.2, 0) is 6.61 Å². The fraction of sp³-hybridized carbons (Fsp3) is 0.286. The Kier molecular flexibility index (Phi) is 4.41.